The zero-order valence-corrected chi connectivity index (χ0v) is 14.6. The molecule has 0 unspecified atom stereocenters. The largest absolute Gasteiger partial charge is 0.497 e. The molecule has 4 rings (SSSR count). The molecule has 0 aliphatic heterocycles. The van der Waals surface area contributed by atoms with Crippen LogP contribution < -0.4 is 15.5 Å². The standard InChI is InChI=1S/C22H17FN2O2/c1-26-18-10-7-15(8-11-18)22-14-20(25-24-17-5-3-2-4-6-17)19-13-16(23)9-12-21(19)27-22/h2-14,24H,1H3/b25-20-. The molecule has 0 saturated carbocycles. The van der Waals surface area contributed by atoms with Crippen LogP contribution in [-0.2, 0) is 0 Å². The van der Waals surface area contributed by atoms with Crippen molar-refractivity contribution in [1.82, 2.24) is 0 Å². The highest BCUT2D eigenvalue weighted by atomic mass is 19.1. The van der Waals surface area contributed by atoms with Gasteiger partial charge in [-0.3, -0.25) is 5.43 Å². The van der Waals surface area contributed by atoms with Gasteiger partial charge >= 0.3 is 0 Å². The molecule has 0 atom stereocenters. The molecule has 0 radical (unpaired) electrons. The summed E-state index contributed by atoms with van der Waals surface area (Å²) in [6, 6.07) is 23.3. The minimum Gasteiger partial charge on any atom is -0.497 e. The molecule has 0 saturated heterocycles. The van der Waals surface area contributed by atoms with Crippen molar-refractivity contribution in [3.8, 4) is 17.1 Å². The SMILES string of the molecule is COc1ccc(-c2c/c(=N/Nc3ccccc3)c3cc(F)ccc3o2)cc1. The lowest BCUT2D eigenvalue weighted by Crippen LogP contribution is -2.07. The average Bonchev–Trinajstić information content (AvgIpc) is 2.73. The number of benzene rings is 3. The summed E-state index contributed by atoms with van der Waals surface area (Å²) in [5.41, 5.74) is 5.28. The van der Waals surface area contributed by atoms with Crippen molar-refractivity contribution in [1.29, 1.82) is 0 Å². The van der Waals surface area contributed by atoms with Crippen LogP contribution in [0.3, 0.4) is 0 Å². The maximum atomic E-state index is 13.8. The number of ether oxygens (including phenoxy) is 1. The van der Waals surface area contributed by atoms with Gasteiger partial charge in [0.05, 0.1) is 18.2 Å². The average molecular weight is 360 g/mol. The van der Waals surface area contributed by atoms with E-state index in [-0.39, 0.29) is 5.82 Å². The summed E-state index contributed by atoms with van der Waals surface area (Å²) in [6.07, 6.45) is 0. The van der Waals surface area contributed by atoms with E-state index in [1.54, 1.807) is 19.2 Å². The van der Waals surface area contributed by atoms with Gasteiger partial charge in [0, 0.05) is 17.0 Å². The zero-order chi connectivity index (χ0) is 18.6. The van der Waals surface area contributed by atoms with E-state index in [4.69, 9.17) is 9.15 Å². The lowest BCUT2D eigenvalue weighted by Gasteiger charge is -2.07. The van der Waals surface area contributed by atoms with Crippen LogP contribution in [0, 0.1) is 5.82 Å². The molecule has 0 aliphatic carbocycles. The third-order valence-electron chi connectivity index (χ3n) is 4.16. The number of rotatable bonds is 4. The highest BCUT2D eigenvalue weighted by Gasteiger charge is 2.07. The summed E-state index contributed by atoms with van der Waals surface area (Å²) < 4.78 is 24.9. The van der Waals surface area contributed by atoms with Crippen LogP contribution in [0.4, 0.5) is 10.1 Å². The Hall–Kier alpha value is -3.60. The summed E-state index contributed by atoms with van der Waals surface area (Å²) in [6.45, 7) is 0. The third-order valence-corrected chi connectivity index (χ3v) is 4.16. The predicted molar refractivity (Wildman–Crippen MR) is 104 cm³/mol. The van der Waals surface area contributed by atoms with Gasteiger partial charge in [0.15, 0.2) is 0 Å². The first-order valence-corrected chi connectivity index (χ1v) is 8.45. The van der Waals surface area contributed by atoms with Crippen LogP contribution >= 0.6 is 0 Å². The summed E-state index contributed by atoms with van der Waals surface area (Å²) in [5, 5.41) is 5.65. The van der Waals surface area contributed by atoms with Crippen LogP contribution in [0.15, 0.2) is 88.4 Å². The van der Waals surface area contributed by atoms with Crippen LogP contribution in [0.25, 0.3) is 22.3 Å². The smallest absolute Gasteiger partial charge is 0.137 e. The Morgan fingerprint density at radius 3 is 2.44 bits per heavy atom. The molecule has 0 fully saturated rings. The summed E-state index contributed by atoms with van der Waals surface area (Å²) >= 11 is 0. The van der Waals surface area contributed by atoms with Crippen LogP contribution in [-0.4, -0.2) is 7.11 Å². The Bertz CT molecular complexity index is 1140. The predicted octanol–water partition coefficient (Wildman–Crippen LogP) is 5.18. The maximum Gasteiger partial charge on any atom is 0.137 e. The van der Waals surface area contributed by atoms with Crippen molar-refractivity contribution in [2.24, 2.45) is 5.10 Å². The molecular formula is C22H17FN2O2. The van der Waals surface area contributed by atoms with Gasteiger partial charge in [-0.15, -0.1) is 0 Å². The molecule has 0 amide bonds. The van der Waals surface area contributed by atoms with Gasteiger partial charge in [0.25, 0.3) is 0 Å². The number of halogens is 1. The third kappa shape index (κ3) is 3.67. The summed E-state index contributed by atoms with van der Waals surface area (Å²) in [5.74, 6) is 1.05. The Labute approximate surface area is 155 Å². The quantitative estimate of drug-likeness (QED) is 0.510. The molecule has 5 heteroatoms. The molecule has 0 bridgehead atoms. The van der Waals surface area contributed by atoms with E-state index in [2.05, 4.69) is 10.5 Å². The van der Waals surface area contributed by atoms with Crippen LogP contribution in [0.1, 0.15) is 0 Å². The number of fused-ring (bicyclic) bond motifs is 1. The molecule has 1 aromatic heterocycles. The highest BCUT2D eigenvalue weighted by Crippen LogP contribution is 2.24. The van der Waals surface area contributed by atoms with Gasteiger partial charge in [-0.1, -0.05) is 18.2 Å². The first kappa shape index (κ1) is 16.8. The molecule has 3 aromatic carbocycles. The van der Waals surface area contributed by atoms with Crippen molar-refractivity contribution in [3.63, 3.8) is 0 Å². The van der Waals surface area contributed by atoms with Crippen LogP contribution in [0.5, 0.6) is 5.75 Å². The van der Waals surface area contributed by atoms with Crippen LogP contribution in [0.2, 0.25) is 0 Å². The van der Waals surface area contributed by atoms with E-state index in [1.807, 2.05) is 54.6 Å². The maximum absolute atomic E-state index is 13.8. The Kier molecular flexibility index (Phi) is 4.58. The summed E-state index contributed by atoms with van der Waals surface area (Å²) in [4.78, 5) is 0. The van der Waals surface area contributed by atoms with Gasteiger partial charge in [-0.25, -0.2) is 4.39 Å². The van der Waals surface area contributed by atoms with Crippen molar-refractivity contribution < 1.29 is 13.5 Å². The molecule has 134 valence electrons. The first-order chi connectivity index (χ1) is 13.2. The van der Waals surface area contributed by atoms with Gasteiger partial charge in [0.2, 0.25) is 0 Å². The van der Waals surface area contributed by atoms with Crippen molar-refractivity contribution in [2.75, 3.05) is 12.5 Å². The van der Waals surface area contributed by atoms with Gasteiger partial charge in [-0.05, 0) is 54.6 Å². The number of nitrogens with zero attached hydrogens (tertiary/aromatic N) is 1. The lowest BCUT2D eigenvalue weighted by molar-refractivity contribution is 0.415. The molecule has 1 N–H and O–H groups in total. The van der Waals surface area contributed by atoms with E-state index in [9.17, 15) is 4.39 Å². The van der Waals surface area contributed by atoms with Gasteiger partial charge < -0.3 is 9.15 Å². The Morgan fingerprint density at radius 1 is 0.926 bits per heavy atom. The number of anilines is 1. The second-order valence-electron chi connectivity index (χ2n) is 5.95. The van der Waals surface area contributed by atoms with E-state index in [0.717, 1.165) is 17.0 Å². The number of nitrogens with one attached hydrogen (secondary N) is 1. The first-order valence-electron chi connectivity index (χ1n) is 8.45. The van der Waals surface area contributed by atoms with Crippen molar-refractivity contribution in [3.05, 3.63) is 90.0 Å². The Morgan fingerprint density at radius 2 is 1.70 bits per heavy atom. The molecule has 27 heavy (non-hydrogen) atoms. The number of para-hydroxylation sites is 1. The van der Waals surface area contributed by atoms with E-state index >= 15 is 0 Å². The fourth-order valence-corrected chi connectivity index (χ4v) is 2.77. The molecule has 4 nitrogen and oxygen atoms in total. The topological polar surface area (TPSA) is 46.8 Å². The number of hydrogen-bond donors (Lipinski definition) is 1. The molecule has 0 spiro atoms. The Balaban J connectivity index is 1.85. The van der Waals surface area contributed by atoms with E-state index in [1.165, 1.54) is 12.1 Å². The van der Waals surface area contributed by atoms with E-state index in [0.29, 0.717) is 22.1 Å². The monoisotopic (exact) mass is 360 g/mol. The van der Waals surface area contributed by atoms with Crippen molar-refractivity contribution >= 4 is 16.7 Å². The normalized spacial score (nSPS) is 11.6. The highest BCUT2D eigenvalue weighted by molar-refractivity contribution is 5.78. The molecule has 4 aromatic rings. The fraction of sp³-hybridized carbons (Fsp3) is 0.0455. The minimum absolute atomic E-state index is 0.342. The second kappa shape index (κ2) is 7.33. The number of hydrogen-bond acceptors (Lipinski definition) is 4. The van der Waals surface area contributed by atoms with Gasteiger partial charge in [0.1, 0.15) is 22.9 Å². The molecular weight excluding hydrogens is 343 g/mol. The zero-order valence-electron chi connectivity index (χ0n) is 14.6. The molecule has 1 heterocycles. The second-order valence-corrected chi connectivity index (χ2v) is 5.95. The fourth-order valence-electron chi connectivity index (χ4n) is 2.77. The minimum atomic E-state index is -0.342. The van der Waals surface area contributed by atoms with E-state index < -0.39 is 0 Å². The van der Waals surface area contributed by atoms with Gasteiger partial charge in [-0.2, -0.15) is 5.10 Å². The number of methoxy groups -OCH3 is 1. The lowest BCUT2D eigenvalue weighted by atomic mass is 10.1. The molecule has 0 aliphatic rings. The van der Waals surface area contributed by atoms with Crippen molar-refractivity contribution in [2.45, 2.75) is 0 Å². The summed E-state index contributed by atoms with van der Waals surface area (Å²) in [7, 11) is 1.62.